The Labute approximate surface area is 353 Å². The van der Waals surface area contributed by atoms with Crippen molar-refractivity contribution in [3.05, 3.63) is 224 Å². The second-order valence-electron chi connectivity index (χ2n) is 17.3. The van der Waals surface area contributed by atoms with Crippen LogP contribution in [0.15, 0.2) is 158 Å². The highest BCUT2D eigenvalue weighted by Gasteiger charge is 2.55. The summed E-state index contributed by atoms with van der Waals surface area (Å²) in [5.41, 5.74) is 21.1. The standard InChI is InChI=1S/C57H50P2/c1-35-23-36(2)28-43(27-35)58(44-29-37(3)24-38(4)30-44)53-21-13-17-49-47-15-9-11-19-51(47)57(55(49)53)52-20-12-10-16-48(52)50-18-14-22-54(56(50)57)59(45-31-39(5)25-40(6)32-45)46-33-41(7)26-42(8)34-46/h9-34H,1-8H3. The van der Waals surface area contributed by atoms with Crippen LogP contribution in [0, 0.1) is 55.4 Å². The Hall–Kier alpha value is -5.38. The van der Waals surface area contributed by atoms with Gasteiger partial charge in [0.1, 0.15) is 0 Å². The molecule has 0 radical (unpaired) electrons. The van der Waals surface area contributed by atoms with Gasteiger partial charge >= 0.3 is 0 Å². The van der Waals surface area contributed by atoms with Crippen molar-refractivity contribution in [2.45, 2.75) is 60.8 Å². The van der Waals surface area contributed by atoms with Crippen LogP contribution in [0.2, 0.25) is 0 Å². The summed E-state index contributed by atoms with van der Waals surface area (Å²) in [5.74, 6) is 0. The summed E-state index contributed by atoms with van der Waals surface area (Å²) in [4.78, 5) is 0. The van der Waals surface area contributed by atoms with Gasteiger partial charge in [-0.3, -0.25) is 0 Å². The highest BCUT2D eigenvalue weighted by atomic mass is 31.1. The molecule has 59 heavy (non-hydrogen) atoms. The molecule has 0 nitrogen and oxygen atoms in total. The van der Waals surface area contributed by atoms with E-state index in [1.165, 1.54) is 121 Å². The highest BCUT2D eigenvalue weighted by Crippen LogP contribution is 2.64. The molecular weight excluding hydrogens is 747 g/mol. The van der Waals surface area contributed by atoms with Gasteiger partial charge in [0, 0.05) is 0 Å². The largest absolute Gasteiger partial charge is 0.0738 e. The maximum atomic E-state index is 2.49. The van der Waals surface area contributed by atoms with Crippen LogP contribution in [-0.2, 0) is 5.41 Å². The molecule has 0 saturated heterocycles. The lowest BCUT2D eigenvalue weighted by molar-refractivity contribution is 0.805. The van der Waals surface area contributed by atoms with E-state index in [0.29, 0.717) is 0 Å². The predicted octanol–water partition coefficient (Wildman–Crippen LogP) is 12.0. The van der Waals surface area contributed by atoms with Gasteiger partial charge in [-0.1, -0.05) is 202 Å². The molecule has 0 bridgehead atoms. The molecule has 0 amide bonds. The third-order valence-corrected chi connectivity index (χ3v) is 17.2. The molecule has 288 valence electrons. The normalized spacial score (nSPS) is 13.2. The smallest absolute Gasteiger partial charge is 0.0619 e. The molecule has 0 heterocycles. The van der Waals surface area contributed by atoms with Crippen molar-refractivity contribution in [3.8, 4) is 22.3 Å². The van der Waals surface area contributed by atoms with Crippen LogP contribution in [0.5, 0.6) is 0 Å². The molecule has 1 spiro atoms. The Bertz CT molecular complexity index is 2610. The molecular formula is C57H50P2. The van der Waals surface area contributed by atoms with Gasteiger partial charge in [0.25, 0.3) is 0 Å². The molecule has 8 aromatic carbocycles. The van der Waals surface area contributed by atoms with E-state index in [0.717, 1.165) is 0 Å². The summed E-state index contributed by atoms with van der Waals surface area (Å²) in [6.45, 7) is 18.1. The minimum absolute atomic E-state index is 0.526. The Morgan fingerprint density at radius 3 is 0.864 bits per heavy atom. The van der Waals surface area contributed by atoms with E-state index in [1.54, 1.807) is 0 Å². The van der Waals surface area contributed by atoms with E-state index in [2.05, 4.69) is 213 Å². The van der Waals surface area contributed by atoms with Crippen molar-refractivity contribution in [3.63, 3.8) is 0 Å². The lowest BCUT2D eigenvalue weighted by atomic mass is 9.70. The van der Waals surface area contributed by atoms with Crippen LogP contribution in [-0.4, -0.2) is 0 Å². The summed E-state index contributed by atoms with van der Waals surface area (Å²) in [7, 11) is -1.92. The maximum Gasteiger partial charge on any atom is 0.0738 e. The molecule has 2 heteroatoms. The van der Waals surface area contributed by atoms with Gasteiger partial charge in [0.15, 0.2) is 0 Å². The third-order valence-electron chi connectivity index (χ3n) is 12.4. The number of benzene rings is 8. The topological polar surface area (TPSA) is 0 Å². The fourth-order valence-corrected chi connectivity index (χ4v) is 16.6. The molecule has 0 aromatic heterocycles. The first-order valence-corrected chi connectivity index (χ1v) is 23.6. The fourth-order valence-electron chi connectivity index (χ4n) is 10.8. The molecule has 0 saturated carbocycles. The number of hydrogen-bond acceptors (Lipinski definition) is 0. The van der Waals surface area contributed by atoms with Crippen molar-refractivity contribution >= 4 is 47.7 Å². The van der Waals surface area contributed by atoms with Gasteiger partial charge in [0.05, 0.1) is 5.41 Å². The minimum Gasteiger partial charge on any atom is -0.0619 e. The van der Waals surface area contributed by atoms with Gasteiger partial charge in [-0.2, -0.15) is 0 Å². The first kappa shape index (κ1) is 37.9. The zero-order valence-electron chi connectivity index (χ0n) is 35.4. The van der Waals surface area contributed by atoms with Crippen LogP contribution in [0.1, 0.15) is 66.8 Å². The molecule has 0 N–H and O–H groups in total. The van der Waals surface area contributed by atoms with Crippen LogP contribution in [0.25, 0.3) is 22.3 Å². The summed E-state index contributed by atoms with van der Waals surface area (Å²) in [6.07, 6.45) is 0. The highest BCUT2D eigenvalue weighted by molar-refractivity contribution is 7.80. The number of fused-ring (bicyclic) bond motifs is 10. The van der Waals surface area contributed by atoms with Crippen molar-refractivity contribution in [2.24, 2.45) is 0 Å². The Balaban J connectivity index is 1.38. The quantitative estimate of drug-likeness (QED) is 0.147. The summed E-state index contributed by atoms with van der Waals surface area (Å²) in [6, 6.07) is 62.3. The average Bonchev–Trinajstić information content (AvgIpc) is 3.65. The van der Waals surface area contributed by atoms with Crippen LogP contribution < -0.4 is 31.8 Å². The van der Waals surface area contributed by atoms with E-state index >= 15 is 0 Å². The van der Waals surface area contributed by atoms with Gasteiger partial charge < -0.3 is 0 Å². The SMILES string of the molecule is Cc1cc(C)cc(P(c2cc(C)cc(C)c2)c2cccc3c2C2(c4ccccc4-3)c3ccccc3-c3cccc(P(c4cc(C)cc(C)c4)c4cc(C)cc(C)c4)c32)c1. The molecule has 8 aromatic rings. The van der Waals surface area contributed by atoms with Gasteiger partial charge in [-0.05, 0) is 148 Å². The van der Waals surface area contributed by atoms with Gasteiger partial charge in [-0.25, -0.2) is 0 Å². The minimum atomic E-state index is -0.961. The summed E-state index contributed by atoms with van der Waals surface area (Å²) < 4.78 is 0. The number of rotatable bonds is 6. The lowest BCUT2D eigenvalue weighted by Gasteiger charge is -2.37. The number of aryl methyl sites for hydroxylation is 8. The molecule has 0 fully saturated rings. The Kier molecular flexibility index (Phi) is 9.25. The van der Waals surface area contributed by atoms with Gasteiger partial charge in [-0.15, -0.1) is 0 Å². The van der Waals surface area contributed by atoms with E-state index in [-0.39, 0.29) is 0 Å². The summed E-state index contributed by atoms with van der Waals surface area (Å²) >= 11 is 0. The Morgan fingerprint density at radius 1 is 0.288 bits per heavy atom. The first-order valence-electron chi connectivity index (χ1n) is 20.9. The predicted molar refractivity (Wildman–Crippen MR) is 258 cm³/mol. The number of hydrogen-bond donors (Lipinski definition) is 0. The second-order valence-corrected chi connectivity index (χ2v) is 21.7. The average molecular weight is 797 g/mol. The monoisotopic (exact) mass is 796 g/mol. The fraction of sp³-hybridized carbons (Fsp3) is 0.158. The summed E-state index contributed by atoms with van der Waals surface area (Å²) in [5, 5.41) is 8.54. The maximum absolute atomic E-state index is 2.49. The molecule has 10 rings (SSSR count). The second kappa shape index (κ2) is 14.4. The third kappa shape index (κ3) is 6.10. The van der Waals surface area contributed by atoms with Crippen LogP contribution in [0.3, 0.4) is 0 Å². The Morgan fingerprint density at radius 2 is 0.559 bits per heavy atom. The van der Waals surface area contributed by atoms with Crippen molar-refractivity contribution < 1.29 is 0 Å². The zero-order chi connectivity index (χ0) is 40.7. The molecule has 0 atom stereocenters. The van der Waals surface area contributed by atoms with E-state index < -0.39 is 21.3 Å². The molecule has 2 aliphatic carbocycles. The molecule has 0 unspecified atom stereocenters. The van der Waals surface area contributed by atoms with Crippen molar-refractivity contribution in [1.82, 2.24) is 0 Å². The first-order chi connectivity index (χ1) is 28.5. The molecule has 2 aliphatic rings. The molecule has 0 aliphatic heterocycles. The van der Waals surface area contributed by atoms with Crippen LogP contribution >= 0.6 is 15.8 Å². The van der Waals surface area contributed by atoms with Crippen molar-refractivity contribution in [2.75, 3.05) is 0 Å². The van der Waals surface area contributed by atoms with E-state index in [1.807, 2.05) is 0 Å². The lowest BCUT2D eigenvalue weighted by Crippen LogP contribution is -2.38. The van der Waals surface area contributed by atoms with Crippen molar-refractivity contribution in [1.29, 1.82) is 0 Å². The zero-order valence-corrected chi connectivity index (χ0v) is 37.2. The van der Waals surface area contributed by atoms with Gasteiger partial charge in [0.2, 0.25) is 0 Å². The van der Waals surface area contributed by atoms with E-state index in [9.17, 15) is 0 Å². The van der Waals surface area contributed by atoms with Crippen LogP contribution in [0.4, 0.5) is 0 Å². The van der Waals surface area contributed by atoms with E-state index in [4.69, 9.17) is 0 Å².